The normalized spacial score (nSPS) is 16.0. The second-order valence-corrected chi connectivity index (χ2v) is 7.14. The summed E-state index contributed by atoms with van der Waals surface area (Å²) in [5, 5.41) is 8.90. The molecule has 0 unspecified atom stereocenters. The van der Waals surface area contributed by atoms with Crippen LogP contribution in [0.5, 0.6) is 0 Å². The highest BCUT2D eigenvalue weighted by Gasteiger charge is 2.29. The zero-order valence-corrected chi connectivity index (χ0v) is 12.6. The van der Waals surface area contributed by atoms with E-state index in [1.54, 1.807) is 6.92 Å². The van der Waals surface area contributed by atoms with Crippen LogP contribution >= 0.6 is 0 Å². The van der Waals surface area contributed by atoms with Crippen LogP contribution in [0, 0.1) is 11.7 Å². The van der Waals surface area contributed by atoms with Crippen LogP contribution in [0.1, 0.15) is 36.5 Å². The van der Waals surface area contributed by atoms with Gasteiger partial charge >= 0.3 is 5.97 Å². The Kier molecular flexibility index (Phi) is 4.63. The second kappa shape index (κ2) is 6.11. The summed E-state index contributed by atoms with van der Waals surface area (Å²) >= 11 is 0. The molecule has 1 aromatic carbocycles. The van der Waals surface area contributed by atoms with Crippen LogP contribution in [0.25, 0.3) is 0 Å². The summed E-state index contributed by atoms with van der Waals surface area (Å²) in [5.74, 6) is -2.06. The van der Waals surface area contributed by atoms with E-state index in [9.17, 15) is 17.6 Å². The predicted molar refractivity (Wildman–Crippen MR) is 75.1 cm³/mol. The summed E-state index contributed by atoms with van der Waals surface area (Å²) < 4.78 is 39.8. The summed E-state index contributed by atoms with van der Waals surface area (Å²) in [5.41, 5.74) is -0.629. The number of carboxylic acid groups (broad SMARTS) is 1. The van der Waals surface area contributed by atoms with E-state index in [2.05, 4.69) is 0 Å². The number of nitrogens with zero attached hydrogens (tertiary/aromatic N) is 1. The number of carbonyl (C=O) groups is 1. The van der Waals surface area contributed by atoms with Crippen molar-refractivity contribution in [1.82, 2.24) is 4.31 Å². The third kappa shape index (κ3) is 3.24. The quantitative estimate of drug-likeness (QED) is 0.874. The minimum Gasteiger partial charge on any atom is -0.478 e. The van der Waals surface area contributed by atoms with Crippen molar-refractivity contribution in [3.05, 3.63) is 29.6 Å². The van der Waals surface area contributed by atoms with Gasteiger partial charge in [-0.15, -0.1) is 0 Å². The molecule has 0 aromatic heterocycles. The zero-order valence-electron chi connectivity index (χ0n) is 11.8. The monoisotopic (exact) mass is 315 g/mol. The van der Waals surface area contributed by atoms with Crippen LogP contribution in [0.3, 0.4) is 0 Å². The number of rotatable bonds is 6. The topological polar surface area (TPSA) is 74.7 Å². The van der Waals surface area contributed by atoms with Gasteiger partial charge < -0.3 is 5.11 Å². The molecule has 1 aliphatic carbocycles. The van der Waals surface area contributed by atoms with Crippen LogP contribution in [0.4, 0.5) is 4.39 Å². The van der Waals surface area contributed by atoms with Crippen LogP contribution in [-0.2, 0) is 10.0 Å². The van der Waals surface area contributed by atoms with Crippen molar-refractivity contribution in [2.45, 2.75) is 31.1 Å². The van der Waals surface area contributed by atoms with Gasteiger partial charge in [0.25, 0.3) is 0 Å². The predicted octanol–water partition coefficient (Wildman–Crippen LogP) is 2.33. The molecule has 7 heteroatoms. The molecule has 21 heavy (non-hydrogen) atoms. The van der Waals surface area contributed by atoms with Crippen LogP contribution in [-0.4, -0.2) is 36.9 Å². The molecule has 0 atom stereocenters. The Labute approximate surface area is 123 Å². The molecule has 1 aliphatic rings. The van der Waals surface area contributed by atoms with Gasteiger partial charge in [0.2, 0.25) is 10.0 Å². The molecule has 0 bridgehead atoms. The van der Waals surface area contributed by atoms with Crippen molar-refractivity contribution in [2.24, 2.45) is 5.92 Å². The highest BCUT2D eigenvalue weighted by molar-refractivity contribution is 7.89. The minimum absolute atomic E-state index is 0.178. The fraction of sp³-hybridized carbons (Fsp3) is 0.500. The Balaban J connectivity index is 2.32. The Bertz CT molecular complexity index is 640. The third-order valence-corrected chi connectivity index (χ3v) is 5.78. The summed E-state index contributed by atoms with van der Waals surface area (Å²) in [4.78, 5) is 10.7. The van der Waals surface area contributed by atoms with Gasteiger partial charge in [0.15, 0.2) is 0 Å². The molecule has 1 N–H and O–H groups in total. The lowest BCUT2D eigenvalue weighted by molar-refractivity contribution is 0.0691. The Morgan fingerprint density at radius 2 is 2.10 bits per heavy atom. The molecule has 2 rings (SSSR count). The minimum atomic E-state index is -3.79. The Morgan fingerprint density at radius 3 is 2.57 bits per heavy atom. The van der Waals surface area contributed by atoms with E-state index >= 15 is 0 Å². The van der Waals surface area contributed by atoms with Crippen molar-refractivity contribution in [3.8, 4) is 0 Å². The SMILES string of the molecule is CCN(CC1CCC1)S(=O)(=O)c1ccc(F)c(C(=O)O)c1. The van der Waals surface area contributed by atoms with Gasteiger partial charge in [0, 0.05) is 13.1 Å². The fourth-order valence-corrected chi connectivity index (χ4v) is 3.89. The molecule has 116 valence electrons. The van der Waals surface area contributed by atoms with Gasteiger partial charge in [-0.1, -0.05) is 13.3 Å². The summed E-state index contributed by atoms with van der Waals surface area (Å²) in [7, 11) is -3.79. The lowest BCUT2D eigenvalue weighted by Gasteiger charge is -2.31. The van der Waals surface area contributed by atoms with Crippen LogP contribution in [0.2, 0.25) is 0 Å². The maximum Gasteiger partial charge on any atom is 0.338 e. The molecule has 0 spiro atoms. The maximum atomic E-state index is 13.4. The average molecular weight is 315 g/mol. The van der Waals surface area contributed by atoms with Gasteiger partial charge in [0.05, 0.1) is 10.5 Å². The number of hydrogen-bond donors (Lipinski definition) is 1. The molecule has 0 aliphatic heterocycles. The van der Waals surface area contributed by atoms with Gasteiger partial charge in [-0.2, -0.15) is 4.31 Å². The van der Waals surface area contributed by atoms with Crippen LogP contribution < -0.4 is 0 Å². The molecule has 1 fully saturated rings. The fourth-order valence-electron chi connectivity index (χ4n) is 2.34. The molecule has 0 saturated heterocycles. The first-order valence-electron chi connectivity index (χ1n) is 6.89. The van der Waals surface area contributed by atoms with Gasteiger partial charge in [-0.05, 0) is 37.0 Å². The first-order chi connectivity index (χ1) is 9.86. The zero-order chi connectivity index (χ0) is 15.6. The van der Waals surface area contributed by atoms with E-state index in [0.717, 1.165) is 37.5 Å². The van der Waals surface area contributed by atoms with E-state index in [0.29, 0.717) is 19.0 Å². The van der Waals surface area contributed by atoms with E-state index in [4.69, 9.17) is 5.11 Å². The molecule has 1 saturated carbocycles. The van der Waals surface area contributed by atoms with Crippen molar-refractivity contribution < 1.29 is 22.7 Å². The van der Waals surface area contributed by atoms with E-state index in [1.165, 1.54) is 4.31 Å². The van der Waals surface area contributed by atoms with Crippen molar-refractivity contribution in [2.75, 3.05) is 13.1 Å². The number of sulfonamides is 1. The van der Waals surface area contributed by atoms with Crippen LogP contribution in [0.15, 0.2) is 23.1 Å². The molecular formula is C14H18FNO4S. The van der Waals surface area contributed by atoms with Gasteiger partial charge in [-0.25, -0.2) is 17.6 Å². The molecule has 5 nitrogen and oxygen atoms in total. The van der Waals surface area contributed by atoms with Gasteiger partial charge in [-0.3, -0.25) is 0 Å². The van der Waals surface area contributed by atoms with E-state index < -0.39 is 27.4 Å². The Hall–Kier alpha value is -1.47. The molecular weight excluding hydrogens is 297 g/mol. The smallest absolute Gasteiger partial charge is 0.338 e. The highest BCUT2D eigenvalue weighted by Crippen LogP contribution is 2.29. The highest BCUT2D eigenvalue weighted by atomic mass is 32.2. The maximum absolute atomic E-state index is 13.4. The number of carboxylic acids is 1. The molecule has 1 aromatic rings. The van der Waals surface area contributed by atoms with Crippen molar-refractivity contribution in [3.63, 3.8) is 0 Å². The third-order valence-electron chi connectivity index (χ3n) is 3.85. The largest absolute Gasteiger partial charge is 0.478 e. The second-order valence-electron chi connectivity index (χ2n) is 5.20. The lowest BCUT2D eigenvalue weighted by atomic mass is 9.85. The summed E-state index contributed by atoms with van der Waals surface area (Å²) in [6, 6.07) is 2.88. The van der Waals surface area contributed by atoms with E-state index in [-0.39, 0.29) is 4.90 Å². The number of benzene rings is 1. The number of hydrogen-bond acceptors (Lipinski definition) is 3. The van der Waals surface area contributed by atoms with Crippen molar-refractivity contribution in [1.29, 1.82) is 0 Å². The first-order valence-corrected chi connectivity index (χ1v) is 8.33. The average Bonchev–Trinajstić information content (AvgIpc) is 2.37. The van der Waals surface area contributed by atoms with Crippen molar-refractivity contribution >= 4 is 16.0 Å². The number of halogens is 1. The standard InChI is InChI=1S/C14H18FNO4S/c1-2-16(9-10-4-3-5-10)21(19,20)11-6-7-13(15)12(8-11)14(17)18/h6-8,10H,2-5,9H2,1H3,(H,17,18). The van der Waals surface area contributed by atoms with E-state index in [1.807, 2.05) is 0 Å². The number of aromatic carboxylic acids is 1. The molecule has 0 heterocycles. The molecule has 0 amide bonds. The lowest BCUT2D eigenvalue weighted by Crippen LogP contribution is -2.37. The van der Waals surface area contributed by atoms with Gasteiger partial charge in [0.1, 0.15) is 5.82 Å². The Morgan fingerprint density at radius 1 is 1.43 bits per heavy atom. The first kappa shape index (κ1) is 15.9. The molecule has 0 radical (unpaired) electrons. The summed E-state index contributed by atoms with van der Waals surface area (Å²) in [6.07, 6.45) is 3.13. The summed E-state index contributed by atoms with van der Waals surface area (Å²) in [6.45, 7) is 2.47.